The van der Waals surface area contributed by atoms with Crippen molar-refractivity contribution >= 4 is 28.0 Å². The summed E-state index contributed by atoms with van der Waals surface area (Å²) in [5.74, 6) is -2.39. The average Bonchev–Trinajstić information content (AvgIpc) is 2.65. The predicted molar refractivity (Wildman–Crippen MR) is 102 cm³/mol. The van der Waals surface area contributed by atoms with E-state index in [0.29, 0.717) is 0 Å². The molecule has 1 aliphatic heterocycles. The molecule has 0 spiro atoms. The van der Waals surface area contributed by atoms with Gasteiger partial charge in [0.05, 0.1) is 4.90 Å². The van der Waals surface area contributed by atoms with E-state index in [9.17, 15) is 27.9 Å². The molecular weight excluding hydrogens is 436 g/mol. The number of aliphatic hydroxyl groups is 1. The molecule has 0 aliphatic carbocycles. The van der Waals surface area contributed by atoms with Crippen LogP contribution in [0, 0.1) is 6.92 Å². The Morgan fingerprint density at radius 3 is 2.00 bits per heavy atom. The van der Waals surface area contributed by atoms with Gasteiger partial charge in [-0.15, -0.1) is 0 Å². The van der Waals surface area contributed by atoms with Crippen LogP contribution in [-0.4, -0.2) is 68.7 Å². The van der Waals surface area contributed by atoms with Crippen LogP contribution in [0.1, 0.15) is 26.3 Å². The molecule has 1 aromatic carbocycles. The van der Waals surface area contributed by atoms with Crippen molar-refractivity contribution < 1.29 is 51.0 Å². The van der Waals surface area contributed by atoms with Crippen LogP contribution >= 0.6 is 0 Å². The van der Waals surface area contributed by atoms with Crippen LogP contribution in [0.4, 0.5) is 0 Å². The smallest absolute Gasteiger partial charge is 0.303 e. The second kappa shape index (κ2) is 10.2. The molecule has 1 fully saturated rings. The number of carbonyl (C=O) groups is 3. The summed E-state index contributed by atoms with van der Waals surface area (Å²) in [6, 6.07) is 5.70. The number of benzene rings is 1. The zero-order valence-corrected chi connectivity index (χ0v) is 18.2. The van der Waals surface area contributed by atoms with Crippen LogP contribution in [-0.2, 0) is 47.6 Å². The minimum atomic E-state index is -4.45. The van der Waals surface area contributed by atoms with Crippen LogP contribution in [0.2, 0.25) is 0 Å². The molecule has 0 aromatic heterocycles. The largest absolute Gasteiger partial charge is 0.463 e. The number of esters is 3. The number of ether oxygens (including phenoxy) is 4. The third-order valence-electron chi connectivity index (χ3n) is 4.21. The lowest BCUT2D eigenvalue weighted by atomic mass is 9.98. The molecule has 2 rings (SSSR count). The summed E-state index contributed by atoms with van der Waals surface area (Å²) < 4.78 is 51.3. The number of aryl methyl sites for hydroxylation is 1. The molecule has 31 heavy (non-hydrogen) atoms. The van der Waals surface area contributed by atoms with Crippen LogP contribution in [0.3, 0.4) is 0 Å². The first kappa shape index (κ1) is 24.7. The van der Waals surface area contributed by atoms with E-state index in [-0.39, 0.29) is 4.90 Å². The molecule has 1 saturated heterocycles. The molecule has 12 heteroatoms. The van der Waals surface area contributed by atoms with Crippen molar-refractivity contribution in [1.82, 2.24) is 0 Å². The number of carbonyl (C=O) groups excluding carboxylic acids is 3. The molecule has 5 atom stereocenters. The van der Waals surface area contributed by atoms with Crippen molar-refractivity contribution in [1.29, 1.82) is 0 Å². The molecule has 172 valence electrons. The Bertz CT molecular complexity index is 909. The first-order valence-corrected chi connectivity index (χ1v) is 10.6. The van der Waals surface area contributed by atoms with Crippen molar-refractivity contribution in [2.45, 2.75) is 63.3 Å². The first-order valence-electron chi connectivity index (χ1n) is 9.22. The van der Waals surface area contributed by atoms with E-state index in [1.165, 1.54) is 12.1 Å². The van der Waals surface area contributed by atoms with Crippen molar-refractivity contribution in [3.8, 4) is 0 Å². The Morgan fingerprint density at radius 1 is 0.935 bits per heavy atom. The molecule has 0 radical (unpaired) electrons. The molecule has 1 heterocycles. The van der Waals surface area contributed by atoms with Gasteiger partial charge in [-0.25, -0.2) is 0 Å². The van der Waals surface area contributed by atoms with Crippen molar-refractivity contribution in [3.05, 3.63) is 29.8 Å². The minimum absolute atomic E-state index is 0.209. The minimum Gasteiger partial charge on any atom is -0.463 e. The van der Waals surface area contributed by atoms with Crippen molar-refractivity contribution in [3.63, 3.8) is 0 Å². The van der Waals surface area contributed by atoms with E-state index in [2.05, 4.69) is 0 Å². The predicted octanol–water partition coefficient (Wildman–Crippen LogP) is 0.213. The Morgan fingerprint density at radius 2 is 1.48 bits per heavy atom. The van der Waals surface area contributed by atoms with Gasteiger partial charge in [0.15, 0.2) is 24.6 Å². The van der Waals surface area contributed by atoms with Gasteiger partial charge in [-0.1, -0.05) is 17.7 Å². The fourth-order valence-electron chi connectivity index (χ4n) is 2.90. The van der Waals surface area contributed by atoms with Gasteiger partial charge >= 0.3 is 17.9 Å². The third-order valence-corrected chi connectivity index (χ3v) is 5.54. The molecular formula is C19H24O11S. The second-order valence-electron chi connectivity index (χ2n) is 6.84. The zero-order chi connectivity index (χ0) is 23.3. The maximum atomic E-state index is 12.8. The summed E-state index contributed by atoms with van der Waals surface area (Å²) in [5, 5.41) is 10.3. The van der Waals surface area contributed by atoms with Gasteiger partial charge in [0.25, 0.3) is 10.1 Å². The first-order chi connectivity index (χ1) is 14.4. The van der Waals surface area contributed by atoms with Crippen LogP contribution < -0.4 is 0 Å². The maximum Gasteiger partial charge on any atom is 0.303 e. The average molecular weight is 460 g/mol. The second-order valence-corrected chi connectivity index (χ2v) is 8.42. The Kier molecular flexibility index (Phi) is 8.12. The lowest BCUT2D eigenvalue weighted by Crippen LogP contribution is -2.62. The number of hydrogen-bond donors (Lipinski definition) is 1. The normalized spacial score (nSPS) is 26.0. The maximum absolute atomic E-state index is 12.8. The summed E-state index contributed by atoms with van der Waals surface area (Å²) in [5.41, 5.74) is 0.803. The summed E-state index contributed by atoms with van der Waals surface area (Å²) in [4.78, 5) is 34.2. The lowest BCUT2D eigenvalue weighted by molar-refractivity contribution is -0.288. The van der Waals surface area contributed by atoms with E-state index >= 15 is 0 Å². The quantitative estimate of drug-likeness (QED) is 0.338. The topological polar surface area (TPSA) is 152 Å². The zero-order valence-electron chi connectivity index (χ0n) is 17.3. The molecule has 1 aromatic rings. The molecule has 0 amide bonds. The van der Waals surface area contributed by atoms with Gasteiger partial charge in [-0.3, -0.25) is 18.6 Å². The lowest BCUT2D eigenvalue weighted by Gasteiger charge is -2.42. The summed E-state index contributed by atoms with van der Waals surface area (Å²) in [7, 11) is -4.45. The summed E-state index contributed by atoms with van der Waals surface area (Å²) >= 11 is 0. The monoisotopic (exact) mass is 460 g/mol. The number of rotatable bonds is 7. The Hall–Kier alpha value is -2.54. The van der Waals surface area contributed by atoms with Gasteiger partial charge < -0.3 is 24.1 Å². The van der Waals surface area contributed by atoms with Crippen molar-refractivity contribution in [2.24, 2.45) is 0 Å². The van der Waals surface area contributed by atoms with E-state index < -0.39 is 65.3 Å². The summed E-state index contributed by atoms with van der Waals surface area (Å²) in [6.07, 6.45) is -7.99. The number of hydrogen-bond acceptors (Lipinski definition) is 11. The molecule has 11 nitrogen and oxygen atoms in total. The van der Waals surface area contributed by atoms with Crippen LogP contribution in [0.15, 0.2) is 29.2 Å². The highest BCUT2D eigenvalue weighted by Crippen LogP contribution is 2.30. The van der Waals surface area contributed by atoms with E-state index in [1.54, 1.807) is 19.1 Å². The van der Waals surface area contributed by atoms with Crippen molar-refractivity contribution in [2.75, 3.05) is 6.61 Å². The van der Waals surface area contributed by atoms with E-state index in [1.807, 2.05) is 0 Å². The Labute approximate surface area is 179 Å². The van der Waals surface area contributed by atoms with Crippen LogP contribution in [0.25, 0.3) is 0 Å². The highest BCUT2D eigenvalue weighted by atomic mass is 32.2. The highest BCUT2D eigenvalue weighted by molar-refractivity contribution is 7.86. The van der Waals surface area contributed by atoms with Gasteiger partial charge in [-0.05, 0) is 19.1 Å². The fraction of sp³-hybridized carbons (Fsp3) is 0.526. The molecule has 0 saturated carbocycles. The molecule has 0 bridgehead atoms. The third kappa shape index (κ3) is 6.72. The van der Waals surface area contributed by atoms with E-state index in [4.69, 9.17) is 23.1 Å². The van der Waals surface area contributed by atoms with Gasteiger partial charge in [0, 0.05) is 20.8 Å². The van der Waals surface area contributed by atoms with Gasteiger partial charge in [0.2, 0.25) is 0 Å². The SMILES string of the molecule is CC(=O)OCC1OC(O)C(OC(C)=O)C(OS(=O)(=O)c2ccc(C)cc2)C1OC(C)=O. The van der Waals surface area contributed by atoms with E-state index in [0.717, 1.165) is 26.3 Å². The fourth-order valence-corrected chi connectivity index (χ4v) is 3.99. The molecule has 5 unspecified atom stereocenters. The highest BCUT2D eigenvalue weighted by Gasteiger charge is 2.52. The standard InChI is InChI=1S/C19H24O11S/c1-10-5-7-14(8-6-10)31(24,25)30-17-16(27-12(3)21)15(9-26-11(2)20)29-19(23)18(17)28-13(4)22/h5-8,15-19,23H,9H2,1-4H3. The Balaban J connectivity index is 2.45. The van der Waals surface area contributed by atoms with Crippen LogP contribution in [0.5, 0.6) is 0 Å². The van der Waals surface area contributed by atoms with Gasteiger partial charge in [0.1, 0.15) is 12.7 Å². The molecule has 1 aliphatic rings. The number of aliphatic hydroxyl groups excluding tert-OH is 1. The summed E-state index contributed by atoms with van der Waals surface area (Å²) in [6.45, 7) is 4.49. The van der Waals surface area contributed by atoms with Gasteiger partial charge in [-0.2, -0.15) is 8.42 Å². The molecule has 1 N–H and O–H groups in total.